The molecular formula is C19H34N4OS. The third kappa shape index (κ3) is 4.64. The number of rotatable bonds is 3. The molecular weight excluding hydrogens is 332 g/mol. The molecule has 1 saturated carbocycles. The SMILES string of the molecule is CC1CC(C)(C)NC(=S)N1CC(=O)N1CCN(C2CCCCC2)CC1. The highest BCUT2D eigenvalue weighted by molar-refractivity contribution is 7.80. The van der Waals surface area contributed by atoms with Crippen LogP contribution in [0.15, 0.2) is 0 Å². The monoisotopic (exact) mass is 366 g/mol. The maximum Gasteiger partial charge on any atom is 0.242 e. The molecule has 2 aliphatic heterocycles. The Bertz CT molecular complexity index is 496. The minimum atomic E-state index is 0.0155. The van der Waals surface area contributed by atoms with E-state index in [2.05, 4.69) is 35.9 Å². The second kappa shape index (κ2) is 7.78. The highest BCUT2D eigenvalue weighted by atomic mass is 32.1. The van der Waals surface area contributed by atoms with E-state index < -0.39 is 0 Å². The van der Waals surface area contributed by atoms with Gasteiger partial charge in [0, 0.05) is 43.8 Å². The normalized spacial score (nSPS) is 28.8. The fourth-order valence-corrected chi connectivity index (χ4v) is 5.24. The van der Waals surface area contributed by atoms with Crippen LogP contribution in [0.3, 0.4) is 0 Å². The molecule has 3 fully saturated rings. The van der Waals surface area contributed by atoms with E-state index in [1.165, 1.54) is 32.1 Å². The van der Waals surface area contributed by atoms with Crippen LogP contribution in [0.2, 0.25) is 0 Å². The van der Waals surface area contributed by atoms with Crippen LogP contribution in [0.1, 0.15) is 59.3 Å². The lowest BCUT2D eigenvalue weighted by Gasteiger charge is -2.45. The maximum atomic E-state index is 12.8. The van der Waals surface area contributed by atoms with E-state index in [4.69, 9.17) is 12.2 Å². The highest BCUT2D eigenvalue weighted by Crippen LogP contribution is 2.24. The van der Waals surface area contributed by atoms with Crippen molar-refractivity contribution in [3.63, 3.8) is 0 Å². The third-order valence-corrected chi connectivity index (χ3v) is 6.44. The number of carbonyl (C=O) groups is 1. The number of nitrogens with zero attached hydrogens (tertiary/aromatic N) is 3. The Morgan fingerprint density at radius 2 is 1.80 bits per heavy atom. The van der Waals surface area contributed by atoms with Crippen LogP contribution in [-0.2, 0) is 4.79 Å². The zero-order valence-electron chi connectivity index (χ0n) is 16.1. The average Bonchev–Trinajstić information content (AvgIpc) is 2.58. The van der Waals surface area contributed by atoms with Crippen molar-refractivity contribution >= 4 is 23.2 Å². The molecule has 0 aromatic carbocycles. The average molecular weight is 367 g/mol. The highest BCUT2D eigenvalue weighted by Gasteiger charge is 2.35. The molecule has 1 aliphatic carbocycles. The van der Waals surface area contributed by atoms with Crippen LogP contribution in [0.5, 0.6) is 0 Å². The largest absolute Gasteiger partial charge is 0.358 e. The van der Waals surface area contributed by atoms with Gasteiger partial charge in [-0.25, -0.2) is 0 Å². The van der Waals surface area contributed by atoms with E-state index in [1.807, 2.05) is 4.90 Å². The van der Waals surface area contributed by atoms with Crippen LogP contribution in [0, 0.1) is 0 Å². The molecule has 6 heteroatoms. The van der Waals surface area contributed by atoms with Gasteiger partial charge in [0.1, 0.15) is 0 Å². The summed E-state index contributed by atoms with van der Waals surface area (Å²) in [4.78, 5) is 19.5. The molecule has 1 atom stereocenters. The number of hydrogen-bond donors (Lipinski definition) is 1. The minimum absolute atomic E-state index is 0.0155. The van der Waals surface area contributed by atoms with Gasteiger partial charge in [-0.15, -0.1) is 0 Å². The first-order valence-corrected chi connectivity index (χ1v) is 10.4. The van der Waals surface area contributed by atoms with Crippen LogP contribution in [-0.4, -0.2) is 76.1 Å². The number of nitrogens with one attached hydrogen (secondary N) is 1. The van der Waals surface area contributed by atoms with E-state index in [1.54, 1.807) is 0 Å². The molecule has 1 N–H and O–H groups in total. The number of piperazine rings is 1. The summed E-state index contributed by atoms with van der Waals surface area (Å²) >= 11 is 5.51. The van der Waals surface area contributed by atoms with Crippen LogP contribution in [0.4, 0.5) is 0 Å². The molecule has 0 spiro atoms. The zero-order valence-corrected chi connectivity index (χ0v) is 16.9. The Hall–Kier alpha value is -0.880. The smallest absolute Gasteiger partial charge is 0.242 e. The molecule has 3 rings (SSSR count). The first-order chi connectivity index (χ1) is 11.9. The lowest BCUT2D eigenvalue weighted by atomic mass is 9.93. The van der Waals surface area contributed by atoms with E-state index in [0.717, 1.165) is 43.8 Å². The summed E-state index contributed by atoms with van der Waals surface area (Å²) in [6.07, 6.45) is 7.82. The fourth-order valence-electron chi connectivity index (χ4n) is 4.72. The van der Waals surface area contributed by atoms with Gasteiger partial charge >= 0.3 is 0 Å². The van der Waals surface area contributed by atoms with Gasteiger partial charge in [0.25, 0.3) is 0 Å². The van der Waals surface area contributed by atoms with Gasteiger partial charge in [0.05, 0.1) is 6.54 Å². The Labute approximate surface area is 158 Å². The first kappa shape index (κ1) is 18.9. The van der Waals surface area contributed by atoms with Gasteiger partial charge in [0.15, 0.2) is 5.11 Å². The summed E-state index contributed by atoms with van der Waals surface area (Å²) in [7, 11) is 0. The third-order valence-electron chi connectivity index (χ3n) is 6.11. The Morgan fingerprint density at radius 1 is 1.16 bits per heavy atom. The van der Waals surface area contributed by atoms with Gasteiger partial charge < -0.3 is 15.1 Å². The minimum Gasteiger partial charge on any atom is -0.358 e. The zero-order chi connectivity index (χ0) is 18.0. The lowest BCUT2D eigenvalue weighted by Crippen LogP contribution is -2.62. The van der Waals surface area contributed by atoms with Crippen molar-refractivity contribution in [2.75, 3.05) is 32.7 Å². The molecule has 0 radical (unpaired) electrons. The van der Waals surface area contributed by atoms with E-state index >= 15 is 0 Å². The van der Waals surface area contributed by atoms with Crippen molar-refractivity contribution in [3.05, 3.63) is 0 Å². The summed E-state index contributed by atoms with van der Waals surface area (Å²) < 4.78 is 0. The summed E-state index contributed by atoms with van der Waals surface area (Å²) in [6, 6.07) is 1.06. The topological polar surface area (TPSA) is 38.8 Å². The lowest BCUT2D eigenvalue weighted by molar-refractivity contribution is -0.134. The molecule has 142 valence electrons. The molecule has 1 amide bonds. The predicted molar refractivity (Wildman–Crippen MR) is 106 cm³/mol. The summed E-state index contributed by atoms with van der Waals surface area (Å²) in [5, 5.41) is 4.09. The number of hydrogen-bond acceptors (Lipinski definition) is 3. The van der Waals surface area contributed by atoms with Crippen molar-refractivity contribution in [1.29, 1.82) is 0 Å². The number of thiocarbonyl (C=S) groups is 1. The Kier molecular flexibility index (Phi) is 5.88. The van der Waals surface area contributed by atoms with Crippen molar-refractivity contribution in [1.82, 2.24) is 20.0 Å². The first-order valence-electron chi connectivity index (χ1n) is 9.96. The summed E-state index contributed by atoms with van der Waals surface area (Å²) in [6.45, 7) is 10.7. The van der Waals surface area contributed by atoms with Gasteiger partial charge in [-0.3, -0.25) is 9.69 Å². The van der Waals surface area contributed by atoms with Crippen LogP contribution >= 0.6 is 12.2 Å². The molecule has 0 aromatic heterocycles. The van der Waals surface area contributed by atoms with E-state index in [9.17, 15) is 4.79 Å². The van der Waals surface area contributed by atoms with E-state index in [-0.39, 0.29) is 11.4 Å². The quantitative estimate of drug-likeness (QED) is 0.776. The second-order valence-electron chi connectivity index (χ2n) is 8.70. The van der Waals surface area contributed by atoms with Crippen molar-refractivity contribution in [2.45, 2.75) is 76.9 Å². The molecule has 5 nitrogen and oxygen atoms in total. The second-order valence-corrected chi connectivity index (χ2v) is 9.09. The van der Waals surface area contributed by atoms with Crippen LogP contribution in [0.25, 0.3) is 0 Å². The van der Waals surface area contributed by atoms with Gasteiger partial charge in [-0.1, -0.05) is 19.3 Å². The van der Waals surface area contributed by atoms with Gasteiger partial charge in [-0.2, -0.15) is 0 Å². The fraction of sp³-hybridized carbons (Fsp3) is 0.895. The Balaban J connectivity index is 1.48. The molecule has 2 saturated heterocycles. The molecule has 2 heterocycles. The molecule has 0 aromatic rings. The summed E-state index contributed by atoms with van der Waals surface area (Å²) in [5.41, 5.74) is 0.0155. The van der Waals surface area contributed by atoms with Gasteiger partial charge in [-0.05, 0) is 52.3 Å². The molecule has 0 bridgehead atoms. The molecule has 3 aliphatic rings. The molecule has 1 unspecified atom stereocenters. The Morgan fingerprint density at radius 3 is 2.40 bits per heavy atom. The predicted octanol–water partition coefficient (Wildman–Crippen LogP) is 2.21. The molecule has 25 heavy (non-hydrogen) atoms. The number of carbonyl (C=O) groups excluding carboxylic acids is 1. The summed E-state index contributed by atoms with van der Waals surface area (Å²) in [5.74, 6) is 0.221. The number of amides is 1. The van der Waals surface area contributed by atoms with Crippen molar-refractivity contribution in [3.8, 4) is 0 Å². The van der Waals surface area contributed by atoms with Crippen molar-refractivity contribution < 1.29 is 4.79 Å². The maximum absolute atomic E-state index is 12.8. The van der Waals surface area contributed by atoms with Crippen LogP contribution < -0.4 is 5.32 Å². The van der Waals surface area contributed by atoms with Crippen molar-refractivity contribution in [2.24, 2.45) is 0 Å². The standard InChI is InChI=1S/C19H34N4OS/c1-15-13-19(2,3)20-18(25)23(15)14-17(24)22-11-9-21(10-12-22)16-7-5-4-6-8-16/h15-16H,4-14H2,1-3H3,(H,20,25). The van der Waals surface area contributed by atoms with Gasteiger partial charge in [0.2, 0.25) is 5.91 Å². The van der Waals surface area contributed by atoms with E-state index in [0.29, 0.717) is 12.6 Å².